The minimum absolute atomic E-state index is 0.217. The Morgan fingerprint density at radius 1 is 1.37 bits per heavy atom. The van der Waals surface area contributed by atoms with E-state index in [1.807, 2.05) is 13.8 Å². The van der Waals surface area contributed by atoms with Crippen molar-refractivity contribution in [2.45, 2.75) is 32.7 Å². The summed E-state index contributed by atoms with van der Waals surface area (Å²) in [6.45, 7) is 5.55. The lowest BCUT2D eigenvalue weighted by Gasteiger charge is -2.30. The predicted molar refractivity (Wildman–Crippen MR) is 73.4 cm³/mol. The number of anilines is 2. The fraction of sp³-hybridized carbons (Fsp3) is 0.615. The van der Waals surface area contributed by atoms with Crippen LogP contribution in [0.15, 0.2) is 12.4 Å². The van der Waals surface area contributed by atoms with Crippen LogP contribution in [0.3, 0.4) is 0 Å². The van der Waals surface area contributed by atoms with Crippen LogP contribution in [-0.2, 0) is 4.79 Å². The number of carboxylic acids is 1. The van der Waals surface area contributed by atoms with E-state index in [1.165, 1.54) is 0 Å². The number of carbonyl (C=O) groups is 1. The second-order valence-corrected chi connectivity index (χ2v) is 5.16. The van der Waals surface area contributed by atoms with Crippen molar-refractivity contribution in [3.05, 3.63) is 12.4 Å². The number of hydrogen-bond donors (Lipinski definition) is 2. The Hall–Kier alpha value is -1.85. The van der Waals surface area contributed by atoms with Gasteiger partial charge in [-0.2, -0.15) is 0 Å². The monoisotopic (exact) mass is 264 g/mol. The molecule has 0 unspecified atom stereocenters. The van der Waals surface area contributed by atoms with Gasteiger partial charge in [0.05, 0.1) is 18.3 Å². The van der Waals surface area contributed by atoms with Crippen molar-refractivity contribution >= 4 is 17.6 Å². The maximum Gasteiger partial charge on any atom is 0.306 e. The molecule has 1 fully saturated rings. The molecule has 1 aliphatic rings. The van der Waals surface area contributed by atoms with Gasteiger partial charge in [-0.15, -0.1) is 0 Å². The molecule has 2 heterocycles. The molecule has 0 amide bonds. The number of rotatable bonds is 4. The van der Waals surface area contributed by atoms with Crippen molar-refractivity contribution in [1.82, 2.24) is 9.97 Å². The van der Waals surface area contributed by atoms with Gasteiger partial charge in [0.2, 0.25) is 0 Å². The van der Waals surface area contributed by atoms with Gasteiger partial charge < -0.3 is 15.3 Å². The van der Waals surface area contributed by atoms with E-state index in [2.05, 4.69) is 20.2 Å². The molecule has 0 spiro atoms. The number of nitrogens with zero attached hydrogens (tertiary/aromatic N) is 3. The first-order chi connectivity index (χ1) is 9.06. The predicted octanol–water partition coefficient (Wildman–Crippen LogP) is 1.60. The second kappa shape index (κ2) is 5.86. The van der Waals surface area contributed by atoms with Crippen molar-refractivity contribution in [1.29, 1.82) is 0 Å². The molecule has 0 aliphatic carbocycles. The Bertz CT molecular complexity index is 425. The van der Waals surface area contributed by atoms with Crippen molar-refractivity contribution in [2.75, 3.05) is 23.3 Å². The van der Waals surface area contributed by atoms with E-state index in [4.69, 9.17) is 5.11 Å². The number of aromatic nitrogens is 2. The topological polar surface area (TPSA) is 78.4 Å². The summed E-state index contributed by atoms with van der Waals surface area (Å²) in [4.78, 5) is 21.7. The van der Waals surface area contributed by atoms with Crippen LogP contribution >= 0.6 is 0 Å². The van der Waals surface area contributed by atoms with E-state index >= 15 is 0 Å². The molecule has 6 nitrogen and oxygen atoms in total. The van der Waals surface area contributed by atoms with Crippen LogP contribution in [0.25, 0.3) is 0 Å². The van der Waals surface area contributed by atoms with Gasteiger partial charge in [0, 0.05) is 19.1 Å². The summed E-state index contributed by atoms with van der Waals surface area (Å²) in [6.07, 6.45) is 4.80. The quantitative estimate of drug-likeness (QED) is 0.860. The van der Waals surface area contributed by atoms with E-state index in [0.717, 1.165) is 24.7 Å². The van der Waals surface area contributed by atoms with E-state index in [0.29, 0.717) is 18.9 Å². The van der Waals surface area contributed by atoms with Gasteiger partial charge in [0.25, 0.3) is 0 Å². The summed E-state index contributed by atoms with van der Waals surface area (Å²) < 4.78 is 0. The summed E-state index contributed by atoms with van der Waals surface area (Å²) in [6, 6.07) is 0.325. The van der Waals surface area contributed by atoms with Gasteiger partial charge in [-0.05, 0) is 26.7 Å². The Morgan fingerprint density at radius 3 is 2.53 bits per heavy atom. The third-order valence-corrected chi connectivity index (χ3v) is 3.24. The molecule has 2 rings (SSSR count). The lowest BCUT2D eigenvalue weighted by Crippen LogP contribution is -2.36. The molecule has 6 heteroatoms. The third kappa shape index (κ3) is 3.56. The summed E-state index contributed by atoms with van der Waals surface area (Å²) in [5, 5.41) is 12.1. The molecule has 104 valence electrons. The van der Waals surface area contributed by atoms with Crippen LogP contribution in [0.2, 0.25) is 0 Å². The number of carboxylic acid groups (broad SMARTS) is 1. The number of nitrogens with one attached hydrogen (secondary N) is 1. The van der Waals surface area contributed by atoms with Crippen LogP contribution in [-0.4, -0.2) is 40.2 Å². The van der Waals surface area contributed by atoms with Crippen LogP contribution in [0, 0.1) is 5.92 Å². The fourth-order valence-corrected chi connectivity index (χ4v) is 2.21. The first kappa shape index (κ1) is 13.6. The Balaban J connectivity index is 1.94. The smallest absolute Gasteiger partial charge is 0.306 e. The van der Waals surface area contributed by atoms with E-state index in [9.17, 15) is 4.79 Å². The summed E-state index contributed by atoms with van der Waals surface area (Å²) in [5.74, 6) is 0.672. The highest BCUT2D eigenvalue weighted by molar-refractivity contribution is 5.70. The molecule has 2 N–H and O–H groups in total. The molecule has 1 aliphatic heterocycles. The molecule has 0 radical (unpaired) electrons. The van der Waals surface area contributed by atoms with Crippen molar-refractivity contribution < 1.29 is 9.90 Å². The first-order valence-corrected chi connectivity index (χ1v) is 6.62. The number of piperidine rings is 1. The molecule has 1 aromatic heterocycles. The molecular formula is C13H20N4O2. The third-order valence-electron chi connectivity index (χ3n) is 3.24. The highest BCUT2D eigenvalue weighted by atomic mass is 16.4. The molecule has 0 bridgehead atoms. The van der Waals surface area contributed by atoms with Gasteiger partial charge in [0.1, 0.15) is 11.6 Å². The first-order valence-electron chi connectivity index (χ1n) is 6.62. The largest absolute Gasteiger partial charge is 0.481 e. The zero-order valence-electron chi connectivity index (χ0n) is 11.3. The fourth-order valence-electron chi connectivity index (χ4n) is 2.21. The molecule has 0 atom stereocenters. The lowest BCUT2D eigenvalue weighted by atomic mass is 9.97. The number of hydrogen-bond acceptors (Lipinski definition) is 5. The van der Waals surface area contributed by atoms with E-state index < -0.39 is 5.97 Å². The Morgan fingerprint density at radius 2 is 2.05 bits per heavy atom. The van der Waals surface area contributed by atoms with Gasteiger partial charge in [-0.3, -0.25) is 4.79 Å². The SMILES string of the molecule is CC(C)Nc1cnc(N2CCC(C(=O)O)CC2)cn1. The minimum Gasteiger partial charge on any atom is -0.481 e. The number of aliphatic carboxylic acids is 1. The zero-order valence-corrected chi connectivity index (χ0v) is 11.3. The molecule has 1 aromatic rings. The summed E-state index contributed by atoms with van der Waals surface area (Å²) in [5.41, 5.74) is 0. The highest BCUT2D eigenvalue weighted by Crippen LogP contribution is 2.21. The maximum atomic E-state index is 10.9. The standard InChI is InChI=1S/C13H20N4O2/c1-9(2)16-11-7-15-12(8-14-11)17-5-3-10(4-6-17)13(18)19/h7-10H,3-6H2,1-2H3,(H,14,16)(H,18,19). The molecule has 19 heavy (non-hydrogen) atoms. The molecule has 0 saturated carbocycles. The van der Waals surface area contributed by atoms with Crippen molar-refractivity contribution in [2.24, 2.45) is 5.92 Å². The van der Waals surface area contributed by atoms with E-state index in [-0.39, 0.29) is 5.92 Å². The van der Waals surface area contributed by atoms with Crippen molar-refractivity contribution in [3.63, 3.8) is 0 Å². The molecule has 0 aromatic carbocycles. The lowest BCUT2D eigenvalue weighted by molar-refractivity contribution is -0.142. The van der Waals surface area contributed by atoms with Crippen LogP contribution < -0.4 is 10.2 Å². The summed E-state index contributed by atoms with van der Waals surface area (Å²) >= 11 is 0. The van der Waals surface area contributed by atoms with Crippen LogP contribution in [0.4, 0.5) is 11.6 Å². The minimum atomic E-state index is -0.692. The average molecular weight is 264 g/mol. The van der Waals surface area contributed by atoms with Gasteiger partial charge in [0.15, 0.2) is 0 Å². The van der Waals surface area contributed by atoms with Gasteiger partial charge in [-0.1, -0.05) is 0 Å². The average Bonchev–Trinajstić information content (AvgIpc) is 2.39. The summed E-state index contributed by atoms with van der Waals surface area (Å²) in [7, 11) is 0. The van der Waals surface area contributed by atoms with Crippen LogP contribution in [0.5, 0.6) is 0 Å². The Labute approximate surface area is 112 Å². The maximum absolute atomic E-state index is 10.9. The second-order valence-electron chi connectivity index (χ2n) is 5.16. The molecular weight excluding hydrogens is 244 g/mol. The van der Waals surface area contributed by atoms with Crippen molar-refractivity contribution in [3.8, 4) is 0 Å². The van der Waals surface area contributed by atoms with E-state index in [1.54, 1.807) is 12.4 Å². The van der Waals surface area contributed by atoms with Gasteiger partial charge >= 0.3 is 5.97 Å². The van der Waals surface area contributed by atoms with Gasteiger partial charge in [-0.25, -0.2) is 9.97 Å². The molecule has 1 saturated heterocycles. The van der Waals surface area contributed by atoms with Crippen LogP contribution in [0.1, 0.15) is 26.7 Å². The normalized spacial score (nSPS) is 16.7. The highest BCUT2D eigenvalue weighted by Gasteiger charge is 2.25. The zero-order chi connectivity index (χ0) is 13.8. The Kier molecular flexibility index (Phi) is 4.19.